The molecule has 3 aromatic rings. The largest absolute Gasteiger partial charge is 0.440 e. The maximum Gasteiger partial charge on any atom is 0.257 e. The Morgan fingerprint density at radius 2 is 1.86 bits per heavy atom. The highest BCUT2D eigenvalue weighted by atomic mass is 16.5. The number of ether oxygens (including phenoxy) is 1. The van der Waals surface area contributed by atoms with E-state index in [0.29, 0.717) is 60.0 Å². The number of morpholine rings is 1. The fourth-order valence-electron chi connectivity index (χ4n) is 3.47. The molecule has 150 valence electrons. The summed E-state index contributed by atoms with van der Waals surface area (Å²) in [6, 6.07) is 13.6. The van der Waals surface area contributed by atoms with Crippen LogP contribution >= 0.6 is 0 Å². The lowest BCUT2D eigenvalue weighted by molar-refractivity contribution is -0.124. The molecule has 4 rings (SSSR count). The van der Waals surface area contributed by atoms with Gasteiger partial charge in [0.2, 0.25) is 0 Å². The first-order valence-corrected chi connectivity index (χ1v) is 9.48. The van der Waals surface area contributed by atoms with Gasteiger partial charge in [-0.25, -0.2) is 0 Å². The Balaban J connectivity index is 1.68. The molecule has 1 fully saturated rings. The highest BCUT2D eigenvalue weighted by Gasteiger charge is 2.23. The monoisotopic (exact) mass is 394 g/mol. The summed E-state index contributed by atoms with van der Waals surface area (Å²) in [5.41, 5.74) is 1.77. The summed E-state index contributed by atoms with van der Waals surface area (Å²) in [5, 5.41) is 13.7. The van der Waals surface area contributed by atoms with E-state index in [1.807, 2.05) is 11.0 Å². The molecule has 1 aromatic heterocycles. The lowest BCUT2D eigenvalue weighted by atomic mass is 10.00. The van der Waals surface area contributed by atoms with Crippen LogP contribution in [0.2, 0.25) is 0 Å². The van der Waals surface area contributed by atoms with Gasteiger partial charge < -0.3 is 24.5 Å². The third-order valence-electron chi connectivity index (χ3n) is 5.08. The summed E-state index contributed by atoms with van der Waals surface area (Å²) in [6.45, 7) is 4.14. The normalized spacial score (nSPS) is 15.3. The Morgan fingerprint density at radius 1 is 1.14 bits per heavy atom. The Bertz CT molecular complexity index is 1090. The molecule has 0 spiro atoms. The Labute approximate surface area is 167 Å². The van der Waals surface area contributed by atoms with Crippen molar-refractivity contribution in [3.8, 4) is 0 Å². The molecule has 2 aromatic carbocycles. The molecule has 0 saturated carbocycles. The molecule has 1 aliphatic rings. The standard InChI is InChI=1S/C22H22N2O5/c1-14-16(20(26)22(27)23-15-5-3-2-4-6-15)7-8-17-18(25)13-19(29-21(14)17)24-9-11-28-12-10-24/h2-8,13,20,26H,9-12H2,1H3,(H,23,27). The summed E-state index contributed by atoms with van der Waals surface area (Å²) in [7, 11) is 0. The van der Waals surface area contributed by atoms with E-state index in [4.69, 9.17) is 9.15 Å². The zero-order chi connectivity index (χ0) is 20.4. The Kier molecular flexibility index (Phi) is 5.33. The summed E-state index contributed by atoms with van der Waals surface area (Å²) in [6.07, 6.45) is -1.39. The van der Waals surface area contributed by atoms with Crippen LogP contribution in [0.3, 0.4) is 0 Å². The molecule has 2 N–H and O–H groups in total. The van der Waals surface area contributed by atoms with Gasteiger partial charge in [0.15, 0.2) is 17.4 Å². The minimum absolute atomic E-state index is 0.161. The predicted octanol–water partition coefficient (Wildman–Crippen LogP) is 2.61. The van der Waals surface area contributed by atoms with Crippen molar-refractivity contribution in [2.24, 2.45) is 0 Å². The molecular weight excluding hydrogens is 372 g/mol. The van der Waals surface area contributed by atoms with Crippen LogP contribution in [0, 0.1) is 6.92 Å². The van der Waals surface area contributed by atoms with Crippen molar-refractivity contribution in [2.75, 3.05) is 36.5 Å². The third-order valence-corrected chi connectivity index (χ3v) is 5.08. The maximum atomic E-state index is 12.6. The number of rotatable bonds is 4. The first-order chi connectivity index (χ1) is 14.0. The minimum Gasteiger partial charge on any atom is -0.440 e. The van der Waals surface area contributed by atoms with Crippen molar-refractivity contribution in [1.82, 2.24) is 0 Å². The fraction of sp³-hybridized carbons (Fsp3) is 0.273. The SMILES string of the molecule is Cc1c(C(O)C(=O)Nc2ccccc2)ccc2c(=O)cc(N3CCOCC3)oc12. The van der Waals surface area contributed by atoms with E-state index in [0.717, 1.165) is 0 Å². The predicted molar refractivity (Wildman–Crippen MR) is 110 cm³/mol. The van der Waals surface area contributed by atoms with Crippen LogP contribution in [0.1, 0.15) is 17.2 Å². The van der Waals surface area contributed by atoms with Gasteiger partial charge in [0.05, 0.1) is 18.6 Å². The zero-order valence-electron chi connectivity index (χ0n) is 16.1. The molecule has 1 atom stereocenters. The van der Waals surface area contributed by atoms with Crippen molar-refractivity contribution in [1.29, 1.82) is 0 Å². The fourth-order valence-corrected chi connectivity index (χ4v) is 3.47. The second kappa shape index (κ2) is 8.06. The van der Waals surface area contributed by atoms with Gasteiger partial charge in [-0.2, -0.15) is 0 Å². The minimum atomic E-state index is -1.39. The van der Waals surface area contributed by atoms with Crippen LogP contribution in [-0.2, 0) is 9.53 Å². The Morgan fingerprint density at radius 3 is 2.59 bits per heavy atom. The van der Waals surface area contributed by atoms with Crippen LogP contribution in [0.25, 0.3) is 11.0 Å². The number of fused-ring (bicyclic) bond motifs is 1. The van der Waals surface area contributed by atoms with Gasteiger partial charge in [0, 0.05) is 24.8 Å². The van der Waals surface area contributed by atoms with E-state index in [-0.39, 0.29) is 5.43 Å². The molecule has 29 heavy (non-hydrogen) atoms. The number of anilines is 2. The Hall–Kier alpha value is -3.16. The van der Waals surface area contributed by atoms with E-state index < -0.39 is 12.0 Å². The molecule has 1 saturated heterocycles. The number of benzene rings is 2. The summed E-state index contributed by atoms with van der Waals surface area (Å²) in [4.78, 5) is 27.1. The average molecular weight is 394 g/mol. The molecule has 0 radical (unpaired) electrons. The van der Waals surface area contributed by atoms with Crippen molar-refractivity contribution < 1.29 is 19.1 Å². The number of hydrogen-bond acceptors (Lipinski definition) is 6. The van der Waals surface area contributed by atoms with Gasteiger partial charge in [-0.05, 0) is 36.2 Å². The van der Waals surface area contributed by atoms with Gasteiger partial charge in [-0.15, -0.1) is 0 Å². The number of nitrogens with zero attached hydrogens (tertiary/aromatic N) is 1. The van der Waals surface area contributed by atoms with Crippen LogP contribution in [-0.4, -0.2) is 37.3 Å². The first-order valence-electron chi connectivity index (χ1n) is 9.48. The van der Waals surface area contributed by atoms with Crippen molar-refractivity contribution in [2.45, 2.75) is 13.0 Å². The van der Waals surface area contributed by atoms with E-state index >= 15 is 0 Å². The van der Waals surface area contributed by atoms with E-state index in [1.165, 1.54) is 6.07 Å². The van der Waals surface area contributed by atoms with Crippen molar-refractivity contribution in [3.63, 3.8) is 0 Å². The van der Waals surface area contributed by atoms with Crippen molar-refractivity contribution in [3.05, 3.63) is 69.9 Å². The topological polar surface area (TPSA) is 92.0 Å². The first kappa shape index (κ1) is 19.2. The quantitative estimate of drug-likeness (QED) is 0.707. The number of amides is 1. The maximum absolute atomic E-state index is 12.6. The number of carbonyl (C=O) groups is 1. The lowest BCUT2D eigenvalue weighted by Crippen LogP contribution is -2.36. The highest BCUT2D eigenvalue weighted by Crippen LogP contribution is 2.28. The zero-order valence-corrected chi connectivity index (χ0v) is 16.1. The van der Waals surface area contributed by atoms with Crippen LogP contribution in [0.4, 0.5) is 11.6 Å². The molecule has 0 aliphatic carbocycles. The van der Waals surface area contributed by atoms with Gasteiger partial charge in [0.1, 0.15) is 5.58 Å². The molecule has 2 heterocycles. The summed E-state index contributed by atoms with van der Waals surface area (Å²) < 4.78 is 11.4. The smallest absolute Gasteiger partial charge is 0.257 e. The number of aliphatic hydroxyl groups excluding tert-OH is 1. The number of nitrogens with one attached hydrogen (secondary N) is 1. The third kappa shape index (κ3) is 3.87. The molecule has 0 bridgehead atoms. The van der Waals surface area contributed by atoms with Gasteiger partial charge in [-0.3, -0.25) is 9.59 Å². The van der Waals surface area contributed by atoms with Crippen LogP contribution < -0.4 is 15.6 Å². The van der Waals surface area contributed by atoms with Gasteiger partial charge in [-0.1, -0.05) is 24.3 Å². The highest BCUT2D eigenvalue weighted by molar-refractivity contribution is 5.96. The van der Waals surface area contributed by atoms with Gasteiger partial charge in [0.25, 0.3) is 5.91 Å². The van der Waals surface area contributed by atoms with E-state index in [1.54, 1.807) is 43.3 Å². The number of aliphatic hydroxyl groups is 1. The van der Waals surface area contributed by atoms with E-state index in [2.05, 4.69) is 5.32 Å². The van der Waals surface area contributed by atoms with E-state index in [9.17, 15) is 14.7 Å². The molecule has 1 amide bonds. The summed E-state index contributed by atoms with van der Waals surface area (Å²) in [5.74, 6) is -0.0837. The van der Waals surface area contributed by atoms with Crippen LogP contribution in [0.15, 0.2) is 57.7 Å². The molecule has 7 nitrogen and oxygen atoms in total. The number of aryl methyl sites for hydroxylation is 1. The lowest BCUT2D eigenvalue weighted by Gasteiger charge is -2.27. The number of hydrogen-bond donors (Lipinski definition) is 2. The molecule has 1 unspecified atom stereocenters. The second-order valence-electron chi connectivity index (χ2n) is 6.96. The molecule has 1 aliphatic heterocycles. The van der Waals surface area contributed by atoms with Gasteiger partial charge >= 0.3 is 0 Å². The number of para-hydroxylation sites is 1. The summed E-state index contributed by atoms with van der Waals surface area (Å²) >= 11 is 0. The second-order valence-corrected chi connectivity index (χ2v) is 6.96. The average Bonchev–Trinajstić information content (AvgIpc) is 2.75. The molecule has 7 heteroatoms. The van der Waals surface area contributed by atoms with Crippen LogP contribution in [0.5, 0.6) is 0 Å². The van der Waals surface area contributed by atoms with Crippen molar-refractivity contribution >= 4 is 28.4 Å². The number of carbonyl (C=O) groups excluding carboxylic acids is 1. The molecular formula is C22H22N2O5.